The highest BCUT2D eigenvalue weighted by atomic mass is 16.5. The van der Waals surface area contributed by atoms with Gasteiger partial charge in [0.05, 0.1) is 13.2 Å². The van der Waals surface area contributed by atoms with Gasteiger partial charge in [-0.2, -0.15) is 0 Å². The molecule has 0 radical (unpaired) electrons. The average molecular weight is 251 g/mol. The largest absolute Gasteiger partial charge is 0.493 e. The van der Waals surface area contributed by atoms with E-state index in [4.69, 9.17) is 9.47 Å². The van der Waals surface area contributed by atoms with E-state index < -0.39 is 0 Å². The Hall–Kier alpha value is -1.06. The van der Waals surface area contributed by atoms with Gasteiger partial charge in [0.2, 0.25) is 0 Å². The lowest BCUT2D eigenvalue weighted by Gasteiger charge is -2.15. The van der Waals surface area contributed by atoms with Crippen LogP contribution in [-0.2, 0) is 4.74 Å². The highest BCUT2D eigenvalue weighted by Crippen LogP contribution is 2.19. The van der Waals surface area contributed by atoms with Gasteiger partial charge in [-0.15, -0.1) is 0 Å². The summed E-state index contributed by atoms with van der Waals surface area (Å²) in [5, 5.41) is 3.41. The summed E-state index contributed by atoms with van der Waals surface area (Å²) in [4.78, 5) is 0. The molecule has 0 saturated heterocycles. The second kappa shape index (κ2) is 8.11. The third-order valence-corrected chi connectivity index (χ3v) is 2.70. The van der Waals surface area contributed by atoms with Gasteiger partial charge in [0.1, 0.15) is 5.75 Å². The first kappa shape index (κ1) is 15.0. The number of benzene rings is 1. The Kier molecular flexibility index (Phi) is 6.76. The predicted molar refractivity (Wildman–Crippen MR) is 75.1 cm³/mol. The lowest BCUT2D eigenvalue weighted by Crippen LogP contribution is -2.22. The van der Waals surface area contributed by atoms with Crippen molar-refractivity contribution in [2.45, 2.75) is 26.8 Å². The van der Waals surface area contributed by atoms with Crippen molar-refractivity contribution in [1.29, 1.82) is 0 Å². The molecule has 0 saturated carbocycles. The molecular formula is C15H25NO2. The SMILES string of the molecule is COCCN[C@H](C)c1cccc(OCC(C)C)c1. The topological polar surface area (TPSA) is 30.5 Å². The molecule has 1 aromatic carbocycles. The van der Waals surface area contributed by atoms with E-state index in [0.717, 1.165) is 25.5 Å². The van der Waals surface area contributed by atoms with E-state index in [1.807, 2.05) is 12.1 Å². The van der Waals surface area contributed by atoms with Crippen molar-refractivity contribution < 1.29 is 9.47 Å². The molecule has 0 unspecified atom stereocenters. The van der Waals surface area contributed by atoms with Gasteiger partial charge in [-0.3, -0.25) is 0 Å². The third kappa shape index (κ3) is 5.52. The van der Waals surface area contributed by atoms with E-state index in [1.165, 1.54) is 5.56 Å². The fourth-order valence-corrected chi connectivity index (χ4v) is 1.63. The number of hydrogen-bond donors (Lipinski definition) is 1. The summed E-state index contributed by atoms with van der Waals surface area (Å²) in [5.41, 5.74) is 1.24. The zero-order valence-corrected chi connectivity index (χ0v) is 11.9. The Bertz CT molecular complexity index is 339. The maximum absolute atomic E-state index is 5.73. The molecule has 0 aromatic heterocycles. The van der Waals surface area contributed by atoms with Crippen molar-refractivity contribution in [3.63, 3.8) is 0 Å². The number of nitrogens with one attached hydrogen (secondary N) is 1. The number of rotatable bonds is 8. The molecule has 0 fully saturated rings. The van der Waals surface area contributed by atoms with E-state index in [1.54, 1.807) is 7.11 Å². The highest BCUT2D eigenvalue weighted by Gasteiger charge is 2.06. The summed E-state index contributed by atoms with van der Waals surface area (Å²) in [6.45, 7) is 8.80. The van der Waals surface area contributed by atoms with Crippen LogP contribution in [-0.4, -0.2) is 26.9 Å². The fraction of sp³-hybridized carbons (Fsp3) is 0.600. The summed E-state index contributed by atoms with van der Waals surface area (Å²) in [6, 6.07) is 8.58. The Labute approximate surface area is 110 Å². The van der Waals surface area contributed by atoms with Crippen LogP contribution in [0.25, 0.3) is 0 Å². The van der Waals surface area contributed by atoms with Crippen LogP contribution in [0.5, 0.6) is 5.75 Å². The van der Waals surface area contributed by atoms with Gasteiger partial charge in [0, 0.05) is 19.7 Å². The van der Waals surface area contributed by atoms with Gasteiger partial charge in [-0.25, -0.2) is 0 Å². The minimum absolute atomic E-state index is 0.308. The molecule has 1 aromatic rings. The van der Waals surface area contributed by atoms with Crippen LogP contribution >= 0.6 is 0 Å². The summed E-state index contributed by atoms with van der Waals surface area (Å²) < 4.78 is 10.8. The molecule has 0 spiro atoms. The second-order valence-corrected chi connectivity index (χ2v) is 4.95. The first-order chi connectivity index (χ1) is 8.63. The van der Waals surface area contributed by atoms with Gasteiger partial charge in [-0.1, -0.05) is 26.0 Å². The Balaban J connectivity index is 2.52. The van der Waals surface area contributed by atoms with Crippen LogP contribution in [0, 0.1) is 5.92 Å². The maximum Gasteiger partial charge on any atom is 0.119 e. The molecule has 3 nitrogen and oxygen atoms in total. The molecule has 0 amide bonds. The molecule has 0 aliphatic carbocycles. The summed E-state index contributed by atoms with van der Waals surface area (Å²) in [6.07, 6.45) is 0. The van der Waals surface area contributed by atoms with Crippen LogP contribution in [0.2, 0.25) is 0 Å². The van der Waals surface area contributed by atoms with Gasteiger partial charge in [0.25, 0.3) is 0 Å². The van der Waals surface area contributed by atoms with Gasteiger partial charge >= 0.3 is 0 Å². The summed E-state index contributed by atoms with van der Waals surface area (Å²) >= 11 is 0. The average Bonchev–Trinajstić information content (AvgIpc) is 2.37. The molecule has 102 valence electrons. The summed E-state index contributed by atoms with van der Waals surface area (Å²) in [5.74, 6) is 1.49. The normalized spacial score (nSPS) is 12.7. The van der Waals surface area contributed by atoms with E-state index >= 15 is 0 Å². The number of methoxy groups -OCH3 is 1. The molecule has 1 N–H and O–H groups in total. The lowest BCUT2D eigenvalue weighted by molar-refractivity contribution is 0.196. The quantitative estimate of drug-likeness (QED) is 0.720. The maximum atomic E-state index is 5.73. The molecule has 1 atom stereocenters. The molecular weight excluding hydrogens is 226 g/mol. The van der Waals surface area contributed by atoms with Gasteiger partial charge < -0.3 is 14.8 Å². The fourth-order valence-electron chi connectivity index (χ4n) is 1.63. The van der Waals surface area contributed by atoms with E-state index in [2.05, 4.69) is 38.2 Å². The van der Waals surface area contributed by atoms with Crippen LogP contribution in [0.3, 0.4) is 0 Å². The first-order valence-electron chi connectivity index (χ1n) is 6.58. The molecule has 0 heterocycles. The zero-order chi connectivity index (χ0) is 13.4. The Morgan fingerprint density at radius 1 is 1.22 bits per heavy atom. The van der Waals surface area contributed by atoms with Crippen molar-refractivity contribution in [3.05, 3.63) is 29.8 Å². The third-order valence-electron chi connectivity index (χ3n) is 2.70. The molecule has 0 aliphatic heterocycles. The molecule has 0 aliphatic rings. The monoisotopic (exact) mass is 251 g/mol. The predicted octanol–water partition coefficient (Wildman–Crippen LogP) is 3.02. The smallest absolute Gasteiger partial charge is 0.119 e. The van der Waals surface area contributed by atoms with Crippen LogP contribution < -0.4 is 10.1 Å². The first-order valence-corrected chi connectivity index (χ1v) is 6.58. The lowest BCUT2D eigenvalue weighted by atomic mass is 10.1. The molecule has 0 bridgehead atoms. The van der Waals surface area contributed by atoms with Crippen LogP contribution in [0.1, 0.15) is 32.4 Å². The van der Waals surface area contributed by atoms with Gasteiger partial charge in [-0.05, 0) is 30.5 Å². The van der Waals surface area contributed by atoms with Crippen molar-refractivity contribution >= 4 is 0 Å². The van der Waals surface area contributed by atoms with Crippen molar-refractivity contribution in [3.8, 4) is 5.75 Å². The van der Waals surface area contributed by atoms with E-state index in [-0.39, 0.29) is 0 Å². The van der Waals surface area contributed by atoms with E-state index in [9.17, 15) is 0 Å². The minimum Gasteiger partial charge on any atom is -0.493 e. The minimum atomic E-state index is 0.308. The zero-order valence-electron chi connectivity index (χ0n) is 11.9. The second-order valence-electron chi connectivity index (χ2n) is 4.95. The van der Waals surface area contributed by atoms with Crippen LogP contribution in [0.4, 0.5) is 0 Å². The molecule has 1 rings (SSSR count). The van der Waals surface area contributed by atoms with Crippen molar-refractivity contribution in [2.75, 3.05) is 26.9 Å². The van der Waals surface area contributed by atoms with E-state index in [0.29, 0.717) is 12.0 Å². The van der Waals surface area contributed by atoms with Crippen molar-refractivity contribution in [1.82, 2.24) is 5.32 Å². The summed E-state index contributed by atoms with van der Waals surface area (Å²) in [7, 11) is 1.72. The van der Waals surface area contributed by atoms with Gasteiger partial charge in [0.15, 0.2) is 0 Å². The van der Waals surface area contributed by atoms with Crippen LogP contribution in [0.15, 0.2) is 24.3 Å². The van der Waals surface area contributed by atoms with Crippen molar-refractivity contribution in [2.24, 2.45) is 5.92 Å². The number of hydrogen-bond acceptors (Lipinski definition) is 3. The Morgan fingerprint density at radius 2 is 2.00 bits per heavy atom. The molecule has 3 heteroatoms. The standard InChI is InChI=1S/C15H25NO2/c1-12(2)11-18-15-7-5-6-14(10-15)13(3)16-8-9-17-4/h5-7,10,12-13,16H,8-9,11H2,1-4H3/t13-/m1/s1. The number of ether oxygens (including phenoxy) is 2. The highest BCUT2D eigenvalue weighted by molar-refractivity contribution is 5.30. The Morgan fingerprint density at radius 3 is 2.67 bits per heavy atom. The molecule has 18 heavy (non-hydrogen) atoms.